The largest absolute Gasteiger partial charge is 0.419 e. The van der Waals surface area contributed by atoms with E-state index >= 15 is 0 Å². The predicted molar refractivity (Wildman–Crippen MR) is 104 cm³/mol. The molecule has 0 saturated heterocycles. The lowest BCUT2D eigenvalue weighted by atomic mass is 10.2. The van der Waals surface area contributed by atoms with Gasteiger partial charge in [0.25, 0.3) is 5.91 Å². The number of halogens is 3. The van der Waals surface area contributed by atoms with Gasteiger partial charge in [0.05, 0.1) is 17.1 Å². The molecule has 0 bridgehead atoms. The van der Waals surface area contributed by atoms with Gasteiger partial charge in [0.15, 0.2) is 0 Å². The van der Waals surface area contributed by atoms with Crippen LogP contribution in [0.4, 0.5) is 0 Å². The summed E-state index contributed by atoms with van der Waals surface area (Å²) in [7, 11) is 0. The summed E-state index contributed by atoms with van der Waals surface area (Å²) in [6, 6.07) is 8.42. The Kier molecular flexibility index (Phi) is 5.99. The van der Waals surface area contributed by atoms with Crippen molar-refractivity contribution >= 4 is 40.7 Å². The first-order chi connectivity index (χ1) is 12.8. The van der Waals surface area contributed by atoms with Gasteiger partial charge in [-0.25, -0.2) is 4.98 Å². The second-order valence-corrected chi connectivity index (χ2v) is 7.23. The molecule has 0 radical (unpaired) electrons. The van der Waals surface area contributed by atoms with E-state index in [0.29, 0.717) is 22.4 Å². The van der Waals surface area contributed by atoms with Crippen molar-refractivity contribution in [1.82, 2.24) is 20.1 Å². The van der Waals surface area contributed by atoms with E-state index < -0.39 is 0 Å². The van der Waals surface area contributed by atoms with Crippen molar-refractivity contribution in [3.05, 3.63) is 63.2 Å². The summed E-state index contributed by atoms with van der Waals surface area (Å²) in [5, 5.41) is 9.06. The molecule has 1 aromatic carbocycles. The number of nitrogens with zero attached hydrogens (tertiary/aromatic N) is 4. The first kappa shape index (κ1) is 19.6. The number of rotatable bonds is 5. The number of carbonyl (C=O) groups excluding carboxylic acids is 1. The Hall–Kier alpha value is -2.15. The van der Waals surface area contributed by atoms with E-state index in [4.69, 9.17) is 39.2 Å². The molecule has 3 aromatic rings. The van der Waals surface area contributed by atoms with Crippen molar-refractivity contribution in [2.24, 2.45) is 0 Å². The van der Waals surface area contributed by atoms with Crippen LogP contribution in [0.5, 0.6) is 0 Å². The molecule has 0 N–H and O–H groups in total. The zero-order chi connectivity index (χ0) is 19.6. The second kappa shape index (κ2) is 8.25. The molecule has 3 rings (SSSR count). The Morgan fingerprint density at radius 3 is 2.48 bits per heavy atom. The van der Waals surface area contributed by atoms with Crippen LogP contribution in [0.1, 0.15) is 30.1 Å². The van der Waals surface area contributed by atoms with E-state index in [9.17, 15) is 4.79 Å². The number of hydrogen-bond donors (Lipinski definition) is 0. The van der Waals surface area contributed by atoms with E-state index in [2.05, 4.69) is 15.2 Å². The molecule has 0 saturated carbocycles. The summed E-state index contributed by atoms with van der Waals surface area (Å²) in [4.78, 5) is 18.4. The average Bonchev–Trinajstić information content (AvgIpc) is 3.10. The third-order valence-corrected chi connectivity index (χ3v) is 4.73. The molecule has 27 heavy (non-hydrogen) atoms. The van der Waals surface area contributed by atoms with Gasteiger partial charge in [0, 0.05) is 22.8 Å². The van der Waals surface area contributed by atoms with Crippen LogP contribution in [0, 0.1) is 0 Å². The molecule has 0 aliphatic rings. The topological polar surface area (TPSA) is 72.1 Å². The molecule has 0 fully saturated rings. The van der Waals surface area contributed by atoms with Crippen molar-refractivity contribution < 1.29 is 9.21 Å². The van der Waals surface area contributed by atoms with Gasteiger partial charge in [-0.15, -0.1) is 10.2 Å². The van der Waals surface area contributed by atoms with E-state index in [1.807, 2.05) is 13.8 Å². The lowest BCUT2D eigenvalue weighted by Gasteiger charge is -2.25. The van der Waals surface area contributed by atoms with Gasteiger partial charge in [-0.2, -0.15) is 0 Å². The average molecular weight is 426 g/mol. The normalized spacial score (nSPS) is 11.0. The molecule has 2 aromatic heterocycles. The van der Waals surface area contributed by atoms with Crippen molar-refractivity contribution in [2.75, 3.05) is 0 Å². The molecular formula is C18H15Cl3N4O2. The van der Waals surface area contributed by atoms with Crippen LogP contribution in [0.25, 0.3) is 11.5 Å². The summed E-state index contributed by atoms with van der Waals surface area (Å²) in [6.45, 7) is 3.93. The number of benzene rings is 1. The predicted octanol–water partition coefficient (Wildman–Crippen LogP) is 5.14. The minimum absolute atomic E-state index is 0.113. The van der Waals surface area contributed by atoms with Crippen molar-refractivity contribution in [3.8, 4) is 11.5 Å². The van der Waals surface area contributed by atoms with Crippen LogP contribution >= 0.6 is 34.8 Å². The van der Waals surface area contributed by atoms with Gasteiger partial charge in [0.1, 0.15) is 5.15 Å². The van der Waals surface area contributed by atoms with Gasteiger partial charge < -0.3 is 9.32 Å². The maximum atomic E-state index is 12.8. The monoisotopic (exact) mass is 424 g/mol. The molecule has 0 unspecified atom stereocenters. The molecule has 9 heteroatoms. The number of carbonyl (C=O) groups is 1. The fraction of sp³-hybridized carbons (Fsp3) is 0.222. The second-order valence-electron chi connectivity index (χ2n) is 6.03. The molecule has 1 amide bonds. The Morgan fingerprint density at radius 1 is 1.15 bits per heavy atom. The zero-order valence-corrected chi connectivity index (χ0v) is 16.8. The number of hydrogen-bond acceptors (Lipinski definition) is 5. The molecule has 0 aliphatic carbocycles. The number of aromatic nitrogens is 3. The maximum absolute atomic E-state index is 12.8. The molecular weight excluding hydrogens is 411 g/mol. The van der Waals surface area contributed by atoms with E-state index in [-0.39, 0.29) is 28.7 Å². The van der Waals surface area contributed by atoms with Gasteiger partial charge in [-0.1, -0.05) is 34.8 Å². The first-order valence-corrected chi connectivity index (χ1v) is 9.19. The highest BCUT2D eigenvalue weighted by Gasteiger charge is 2.23. The third-order valence-electron chi connectivity index (χ3n) is 3.79. The number of pyridine rings is 1. The van der Waals surface area contributed by atoms with Crippen LogP contribution in [0.15, 0.2) is 40.9 Å². The van der Waals surface area contributed by atoms with Crippen molar-refractivity contribution in [3.63, 3.8) is 0 Å². The Morgan fingerprint density at radius 2 is 1.85 bits per heavy atom. The summed E-state index contributed by atoms with van der Waals surface area (Å²) < 4.78 is 5.70. The van der Waals surface area contributed by atoms with Gasteiger partial charge in [-0.05, 0) is 44.2 Å². The van der Waals surface area contributed by atoms with Crippen LogP contribution < -0.4 is 0 Å². The molecule has 140 valence electrons. The molecule has 0 aliphatic heterocycles. The number of amides is 1. The third kappa shape index (κ3) is 4.58. The van der Waals surface area contributed by atoms with E-state index in [0.717, 1.165) is 5.56 Å². The standard InChI is InChI=1S/C18H15Cl3N4O2/c1-10(2)25(18(26)12-7-14(20)16(21)22-8-12)9-15-23-24-17(27-15)11-3-5-13(19)6-4-11/h3-8,10H,9H2,1-2H3. The quantitative estimate of drug-likeness (QED) is 0.529. The van der Waals surface area contributed by atoms with Crippen LogP contribution in [0.2, 0.25) is 15.2 Å². The molecule has 6 nitrogen and oxygen atoms in total. The smallest absolute Gasteiger partial charge is 0.256 e. The first-order valence-electron chi connectivity index (χ1n) is 8.05. The summed E-state index contributed by atoms with van der Waals surface area (Å²) in [6.07, 6.45) is 1.39. The SMILES string of the molecule is CC(C)N(Cc1nnc(-c2ccc(Cl)cc2)o1)C(=O)c1cnc(Cl)c(Cl)c1. The summed E-state index contributed by atoms with van der Waals surface area (Å²) >= 11 is 17.7. The Labute approximate surface area is 171 Å². The fourth-order valence-electron chi connectivity index (χ4n) is 2.37. The highest BCUT2D eigenvalue weighted by Crippen LogP contribution is 2.23. The molecule has 2 heterocycles. The van der Waals surface area contributed by atoms with Gasteiger partial charge in [-0.3, -0.25) is 4.79 Å². The minimum atomic E-state index is -0.262. The van der Waals surface area contributed by atoms with E-state index in [1.54, 1.807) is 29.2 Å². The zero-order valence-electron chi connectivity index (χ0n) is 14.5. The molecule has 0 spiro atoms. The highest BCUT2D eigenvalue weighted by atomic mass is 35.5. The maximum Gasteiger partial charge on any atom is 0.256 e. The lowest BCUT2D eigenvalue weighted by Crippen LogP contribution is -2.36. The summed E-state index contributed by atoms with van der Waals surface area (Å²) in [5.41, 5.74) is 1.07. The van der Waals surface area contributed by atoms with Crippen molar-refractivity contribution in [1.29, 1.82) is 0 Å². The van der Waals surface area contributed by atoms with Gasteiger partial charge >= 0.3 is 0 Å². The minimum Gasteiger partial charge on any atom is -0.419 e. The summed E-state index contributed by atoms with van der Waals surface area (Å²) in [5.74, 6) is 0.409. The highest BCUT2D eigenvalue weighted by molar-refractivity contribution is 6.41. The van der Waals surface area contributed by atoms with Crippen LogP contribution in [0.3, 0.4) is 0 Å². The van der Waals surface area contributed by atoms with Gasteiger partial charge in [0.2, 0.25) is 11.8 Å². The lowest BCUT2D eigenvalue weighted by molar-refractivity contribution is 0.0672. The Balaban J connectivity index is 1.81. The fourth-order valence-corrected chi connectivity index (χ4v) is 2.76. The van der Waals surface area contributed by atoms with Crippen molar-refractivity contribution in [2.45, 2.75) is 26.4 Å². The van der Waals surface area contributed by atoms with E-state index in [1.165, 1.54) is 12.3 Å². The Bertz CT molecular complexity index is 957. The molecule has 0 atom stereocenters. The van der Waals surface area contributed by atoms with Crippen LogP contribution in [-0.2, 0) is 6.54 Å². The van der Waals surface area contributed by atoms with Crippen LogP contribution in [-0.4, -0.2) is 32.0 Å².